The molecular formula is C26H29F3N2O3. The molecule has 5 rings (SSSR count). The van der Waals surface area contributed by atoms with Crippen LogP contribution >= 0.6 is 0 Å². The molecule has 1 aromatic heterocycles. The molecule has 3 heterocycles. The van der Waals surface area contributed by atoms with E-state index in [-0.39, 0.29) is 11.5 Å². The molecule has 0 bridgehead atoms. The molecule has 34 heavy (non-hydrogen) atoms. The van der Waals surface area contributed by atoms with Gasteiger partial charge in [-0.3, -0.25) is 9.78 Å². The Bertz CT molecular complexity index is 1080. The average molecular weight is 475 g/mol. The number of anilines is 1. The maximum Gasteiger partial charge on any atom is 0.433 e. The van der Waals surface area contributed by atoms with E-state index < -0.39 is 23.8 Å². The normalized spacial score (nSPS) is 21.5. The number of hydrogen-bond donors (Lipinski definition) is 1. The van der Waals surface area contributed by atoms with Gasteiger partial charge in [-0.1, -0.05) is 19.1 Å². The number of carbonyl (C=O) groups is 1. The molecule has 2 aliphatic heterocycles. The van der Waals surface area contributed by atoms with Crippen molar-refractivity contribution < 1.29 is 27.8 Å². The number of aryl methyl sites for hydroxylation is 1. The second-order valence-electron chi connectivity index (χ2n) is 10.0. The van der Waals surface area contributed by atoms with Crippen LogP contribution in [-0.4, -0.2) is 34.8 Å². The molecule has 2 aromatic rings. The molecule has 5 nitrogen and oxygen atoms in total. The van der Waals surface area contributed by atoms with Crippen molar-refractivity contribution in [3.8, 4) is 5.75 Å². The molecular weight excluding hydrogens is 445 g/mol. The summed E-state index contributed by atoms with van der Waals surface area (Å²) in [5.74, 6) is 0.00806. The fraction of sp³-hybridized carbons (Fsp3) is 0.538. The number of alkyl halides is 3. The lowest BCUT2D eigenvalue weighted by Gasteiger charge is -2.45. The van der Waals surface area contributed by atoms with Crippen molar-refractivity contribution in [1.29, 1.82) is 0 Å². The Balaban J connectivity index is 1.31. The predicted octanol–water partition coefficient (Wildman–Crippen LogP) is 5.68. The van der Waals surface area contributed by atoms with E-state index in [1.54, 1.807) is 13.0 Å². The van der Waals surface area contributed by atoms with Gasteiger partial charge in [-0.2, -0.15) is 13.2 Å². The first-order valence-electron chi connectivity index (χ1n) is 12.0. The lowest BCUT2D eigenvalue weighted by Crippen LogP contribution is -2.50. The summed E-state index contributed by atoms with van der Waals surface area (Å²) >= 11 is 0. The molecule has 1 saturated carbocycles. The van der Waals surface area contributed by atoms with E-state index in [9.17, 15) is 23.1 Å². The van der Waals surface area contributed by atoms with Crippen molar-refractivity contribution in [2.75, 3.05) is 18.0 Å². The topological polar surface area (TPSA) is 62.7 Å². The van der Waals surface area contributed by atoms with Crippen LogP contribution in [0.2, 0.25) is 0 Å². The maximum absolute atomic E-state index is 13.1. The fourth-order valence-corrected chi connectivity index (χ4v) is 5.60. The van der Waals surface area contributed by atoms with Gasteiger partial charge >= 0.3 is 12.1 Å². The molecule has 0 radical (unpaired) electrons. The number of aliphatic carboxylic acids is 1. The number of halogens is 3. The second kappa shape index (κ2) is 8.47. The third-order valence-electron chi connectivity index (χ3n) is 7.78. The van der Waals surface area contributed by atoms with Crippen molar-refractivity contribution in [3.63, 3.8) is 0 Å². The van der Waals surface area contributed by atoms with Crippen molar-refractivity contribution in [2.45, 2.75) is 63.1 Å². The summed E-state index contributed by atoms with van der Waals surface area (Å²) in [6, 6.07) is 8.92. The maximum atomic E-state index is 13.1. The number of aromatic nitrogens is 1. The van der Waals surface area contributed by atoms with Crippen molar-refractivity contribution in [3.05, 3.63) is 53.3 Å². The first kappa shape index (κ1) is 23.0. The Labute approximate surface area is 196 Å². The van der Waals surface area contributed by atoms with Gasteiger partial charge in [-0.25, -0.2) is 0 Å². The number of rotatable bonds is 5. The SMILES string of the molecule is C[C@H](C(=O)O)C(c1ccc2c(c1)OC1(CC2)CCN(c2ccnc(C(F)(F)F)c2)CC1)C1CC1. The zero-order chi connectivity index (χ0) is 24.1. The van der Waals surface area contributed by atoms with Gasteiger partial charge in [0, 0.05) is 37.8 Å². The first-order valence-corrected chi connectivity index (χ1v) is 12.0. The van der Waals surface area contributed by atoms with Gasteiger partial charge in [0.15, 0.2) is 0 Å². The van der Waals surface area contributed by atoms with E-state index in [1.165, 1.54) is 6.20 Å². The number of carboxylic acids is 1. The quantitative estimate of drug-likeness (QED) is 0.604. The highest BCUT2D eigenvalue weighted by Crippen LogP contribution is 2.49. The summed E-state index contributed by atoms with van der Waals surface area (Å²) in [5.41, 5.74) is 1.49. The van der Waals surface area contributed by atoms with Crippen LogP contribution in [0.25, 0.3) is 0 Å². The largest absolute Gasteiger partial charge is 0.487 e. The molecule has 3 aliphatic rings. The molecule has 2 fully saturated rings. The molecule has 1 N–H and O–H groups in total. The Hall–Kier alpha value is -2.77. The molecule has 182 valence electrons. The van der Waals surface area contributed by atoms with Crippen LogP contribution in [0, 0.1) is 11.8 Å². The number of nitrogens with zero attached hydrogens (tertiary/aromatic N) is 2. The van der Waals surface area contributed by atoms with Crippen LogP contribution < -0.4 is 9.64 Å². The van der Waals surface area contributed by atoms with Gasteiger partial charge in [0.25, 0.3) is 0 Å². The monoisotopic (exact) mass is 474 g/mol. The zero-order valence-corrected chi connectivity index (χ0v) is 19.1. The molecule has 1 aliphatic carbocycles. The number of ether oxygens (including phenoxy) is 1. The van der Waals surface area contributed by atoms with E-state index in [0.29, 0.717) is 24.7 Å². The lowest BCUT2D eigenvalue weighted by molar-refractivity contribution is -0.142. The first-order chi connectivity index (χ1) is 16.2. The van der Waals surface area contributed by atoms with E-state index in [0.717, 1.165) is 61.5 Å². The van der Waals surface area contributed by atoms with Crippen molar-refractivity contribution in [1.82, 2.24) is 4.98 Å². The zero-order valence-electron chi connectivity index (χ0n) is 19.1. The number of fused-ring (bicyclic) bond motifs is 1. The van der Waals surface area contributed by atoms with Gasteiger partial charge < -0.3 is 14.7 Å². The molecule has 0 amide bonds. The van der Waals surface area contributed by atoms with E-state index in [4.69, 9.17) is 4.74 Å². The summed E-state index contributed by atoms with van der Waals surface area (Å²) in [5, 5.41) is 9.61. The van der Waals surface area contributed by atoms with Crippen LogP contribution in [0.15, 0.2) is 36.5 Å². The Morgan fingerprint density at radius 2 is 1.91 bits per heavy atom. The fourth-order valence-electron chi connectivity index (χ4n) is 5.60. The number of benzene rings is 1. The molecule has 1 unspecified atom stereocenters. The molecule has 1 spiro atoms. The number of hydrogen-bond acceptors (Lipinski definition) is 4. The molecule has 2 atom stereocenters. The van der Waals surface area contributed by atoms with Crippen LogP contribution in [-0.2, 0) is 17.4 Å². The second-order valence-corrected chi connectivity index (χ2v) is 10.0. The Morgan fingerprint density at radius 3 is 2.56 bits per heavy atom. The van der Waals surface area contributed by atoms with E-state index in [1.807, 2.05) is 11.0 Å². The summed E-state index contributed by atoms with van der Waals surface area (Å²) in [7, 11) is 0. The van der Waals surface area contributed by atoms with Gasteiger partial charge in [-0.15, -0.1) is 0 Å². The summed E-state index contributed by atoms with van der Waals surface area (Å²) < 4.78 is 45.8. The van der Waals surface area contributed by atoms with E-state index in [2.05, 4.69) is 17.1 Å². The summed E-state index contributed by atoms with van der Waals surface area (Å²) in [4.78, 5) is 17.1. The number of piperidine rings is 1. The summed E-state index contributed by atoms with van der Waals surface area (Å²) in [6.07, 6.45) is 2.07. The third-order valence-corrected chi connectivity index (χ3v) is 7.78. The average Bonchev–Trinajstić information content (AvgIpc) is 3.64. The van der Waals surface area contributed by atoms with Crippen LogP contribution in [0.5, 0.6) is 5.75 Å². The van der Waals surface area contributed by atoms with Crippen molar-refractivity contribution in [2.24, 2.45) is 11.8 Å². The lowest BCUT2D eigenvalue weighted by atomic mass is 9.80. The van der Waals surface area contributed by atoms with Gasteiger partial charge in [-0.05, 0) is 66.8 Å². The number of carboxylic acid groups (broad SMARTS) is 1. The predicted molar refractivity (Wildman–Crippen MR) is 121 cm³/mol. The standard InChI is InChI=1S/C26H29F3N2O3/c1-16(24(32)33)23(18-3-4-18)19-5-2-17-6-8-25(34-21(17)14-19)9-12-31(13-10-25)20-7-11-30-22(15-20)26(27,28)29/h2,5,7,11,14-16,18,23H,3-4,6,8-10,12-13H2,1H3,(H,32,33)/t16-,23?/m0/s1. The highest BCUT2D eigenvalue weighted by molar-refractivity contribution is 5.71. The van der Waals surface area contributed by atoms with Crippen LogP contribution in [0.1, 0.15) is 61.8 Å². The minimum absolute atomic E-state index is 0.0133. The minimum atomic E-state index is -4.46. The molecule has 1 aromatic carbocycles. The third kappa shape index (κ3) is 4.46. The highest BCUT2D eigenvalue weighted by Gasteiger charge is 2.42. The van der Waals surface area contributed by atoms with Crippen molar-refractivity contribution >= 4 is 11.7 Å². The molecule has 1 saturated heterocycles. The summed E-state index contributed by atoms with van der Waals surface area (Å²) in [6.45, 7) is 3.00. The Morgan fingerprint density at radius 1 is 1.18 bits per heavy atom. The van der Waals surface area contributed by atoms with Gasteiger partial charge in [0.2, 0.25) is 0 Å². The molecule has 8 heteroatoms. The van der Waals surface area contributed by atoms with E-state index >= 15 is 0 Å². The smallest absolute Gasteiger partial charge is 0.433 e. The van der Waals surface area contributed by atoms with Gasteiger partial charge in [0.1, 0.15) is 17.0 Å². The minimum Gasteiger partial charge on any atom is -0.487 e. The van der Waals surface area contributed by atoms with Crippen LogP contribution in [0.4, 0.5) is 18.9 Å². The highest BCUT2D eigenvalue weighted by atomic mass is 19.4. The van der Waals surface area contributed by atoms with Gasteiger partial charge in [0.05, 0.1) is 5.92 Å². The van der Waals surface area contributed by atoms with Crippen LogP contribution in [0.3, 0.4) is 0 Å². The Kier molecular flexibility index (Phi) is 5.73. The number of pyridine rings is 1.